The third kappa shape index (κ3) is 3.72. The molecule has 0 aliphatic carbocycles. The highest BCUT2D eigenvalue weighted by molar-refractivity contribution is 6.14. The third-order valence-electron chi connectivity index (χ3n) is 5.38. The summed E-state index contributed by atoms with van der Waals surface area (Å²) < 4.78 is 6.47. The molecule has 1 aliphatic rings. The van der Waals surface area contributed by atoms with Crippen LogP contribution in [0, 0.1) is 6.92 Å². The van der Waals surface area contributed by atoms with Gasteiger partial charge < -0.3 is 10.1 Å². The highest BCUT2D eigenvalue weighted by Gasteiger charge is 2.38. The monoisotopic (exact) mass is 417 g/mol. The number of tetrazole rings is 1. The minimum absolute atomic E-state index is 0.0355. The zero-order chi connectivity index (χ0) is 22.1. The average molecular weight is 417 g/mol. The highest BCUT2D eigenvalue weighted by atomic mass is 16.5. The molecule has 0 fully saturated rings. The zero-order valence-electron chi connectivity index (χ0n) is 17.8. The molecule has 1 N–H and O–H groups in total. The van der Waals surface area contributed by atoms with Gasteiger partial charge in [-0.15, -0.1) is 0 Å². The lowest BCUT2D eigenvalue weighted by Crippen LogP contribution is -2.33. The number of fused-ring (bicyclic) bond motifs is 1. The number of benzene rings is 2. The van der Waals surface area contributed by atoms with Crippen LogP contribution in [0.2, 0.25) is 0 Å². The molecule has 1 aliphatic heterocycles. The van der Waals surface area contributed by atoms with Crippen LogP contribution >= 0.6 is 0 Å². The van der Waals surface area contributed by atoms with E-state index in [1.54, 1.807) is 12.1 Å². The maximum absolute atomic E-state index is 13.6. The first-order chi connectivity index (χ1) is 14.9. The van der Waals surface area contributed by atoms with Crippen molar-refractivity contribution in [3.63, 3.8) is 0 Å². The number of carbonyl (C=O) groups excluding carboxylic acids is 2. The molecule has 1 atom stereocenters. The topological polar surface area (TPSA) is 99.0 Å². The summed E-state index contributed by atoms with van der Waals surface area (Å²) in [6.45, 7) is 6.17. The van der Waals surface area contributed by atoms with Crippen molar-refractivity contribution in [2.45, 2.75) is 32.7 Å². The molecule has 3 aromatic rings. The highest BCUT2D eigenvalue weighted by Crippen LogP contribution is 2.37. The first-order valence-electron chi connectivity index (χ1n) is 9.99. The lowest BCUT2D eigenvalue weighted by molar-refractivity contribution is -0.136. The van der Waals surface area contributed by atoms with Gasteiger partial charge >= 0.3 is 5.97 Å². The van der Waals surface area contributed by atoms with Crippen LogP contribution in [0.15, 0.2) is 59.8 Å². The van der Waals surface area contributed by atoms with Crippen LogP contribution in [0.4, 0.5) is 5.95 Å². The molecule has 0 saturated carbocycles. The number of nitrogens with zero attached hydrogens (tertiary/aromatic N) is 4. The van der Waals surface area contributed by atoms with E-state index in [0.29, 0.717) is 11.5 Å². The molecular weight excluding hydrogens is 394 g/mol. The Kier molecular flexibility index (Phi) is 5.37. The Labute approximate surface area is 179 Å². The van der Waals surface area contributed by atoms with E-state index in [0.717, 1.165) is 11.1 Å². The summed E-state index contributed by atoms with van der Waals surface area (Å²) >= 11 is 0. The van der Waals surface area contributed by atoms with Crippen molar-refractivity contribution in [1.82, 2.24) is 20.2 Å². The summed E-state index contributed by atoms with van der Waals surface area (Å²) in [6, 6.07) is 14.4. The van der Waals surface area contributed by atoms with Crippen molar-refractivity contribution in [3.05, 3.63) is 82.1 Å². The lowest BCUT2D eigenvalue weighted by Gasteiger charge is -2.28. The largest absolute Gasteiger partial charge is 0.464 e. The van der Waals surface area contributed by atoms with E-state index in [1.807, 2.05) is 43.3 Å². The smallest absolute Gasteiger partial charge is 0.355 e. The molecule has 0 unspecified atom stereocenters. The van der Waals surface area contributed by atoms with Crippen molar-refractivity contribution in [2.24, 2.45) is 0 Å². The Morgan fingerprint density at radius 1 is 1.06 bits per heavy atom. The lowest BCUT2D eigenvalue weighted by atomic mass is 9.88. The van der Waals surface area contributed by atoms with E-state index in [-0.39, 0.29) is 23.0 Å². The number of aryl methyl sites for hydroxylation is 1. The van der Waals surface area contributed by atoms with E-state index in [1.165, 1.54) is 17.4 Å². The summed E-state index contributed by atoms with van der Waals surface area (Å²) in [5.74, 6) is -0.334. The van der Waals surface area contributed by atoms with Crippen LogP contribution in [0.3, 0.4) is 0 Å². The van der Waals surface area contributed by atoms with E-state index >= 15 is 0 Å². The summed E-state index contributed by atoms with van der Waals surface area (Å²) in [7, 11) is 1.27. The molecule has 1 aromatic heterocycles. The SMILES string of the molecule is COC(=O)C1=C(C(=O)c2ccc(C)cc2)[C@@H](c2ccc(C(C)C)cc2)n2nnnc2N1. The molecule has 2 aromatic carbocycles. The Balaban J connectivity index is 1.91. The van der Waals surface area contributed by atoms with Crippen molar-refractivity contribution in [1.29, 1.82) is 0 Å². The number of aromatic nitrogens is 4. The van der Waals surface area contributed by atoms with Crippen molar-refractivity contribution < 1.29 is 14.3 Å². The van der Waals surface area contributed by atoms with Gasteiger partial charge in [0.1, 0.15) is 11.7 Å². The molecule has 31 heavy (non-hydrogen) atoms. The minimum atomic E-state index is -0.685. The van der Waals surface area contributed by atoms with Gasteiger partial charge in [-0.1, -0.05) is 73.0 Å². The number of carbonyl (C=O) groups is 2. The van der Waals surface area contributed by atoms with Crippen LogP contribution in [0.5, 0.6) is 0 Å². The molecule has 8 nitrogen and oxygen atoms in total. The number of rotatable bonds is 5. The molecule has 158 valence electrons. The summed E-state index contributed by atoms with van der Waals surface area (Å²) in [5.41, 5.74) is 3.71. The van der Waals surface area contributed by atoms with Crippen LogP contribution in [-0.4, -0.2) is 39.1 Å². The zero-order valence-corrected chi connectivity index (χ0v) is 17.8. The van der Waals surface area contributed by atoms with Crippen molar-refractivity contribution >= 4 is 17.7 Å². The van der Waals surface area contributed by atoms with E-state index in [2.05, 4.69) is 34.7 Å². The summed E-state index contributed by atoms with van der Waals surface area (Å²) in [4.78, 5) is 26.3. The maximum Gasteiger partial charge on any atom is 0.355 e. The number of Topliss-reactive ketones (excluding diaryl/α,β-unsaturated/α-hetero) is 1. The normalized spacial score (nSPS) is 15.5. The van der Waals surface area contributed by atoms with E-state index in [4.69, 9.17) is 4.74 Å². The Bertz CT molecular complexity index is 1160. The number of anilines is 1. The second-order valence-electron chi connectivity index (χ2n) is 7.77. The number of methoxy groups -OCH3 is 1. The maximum atomic E-state index is 13.6. The van der Waals surface area contributed by atoms with Crippen molar-refractivity contribution in [3.8, 4) is 0 Å². The van der Waals surface area contributed by atoms with Gasteiger partial charge in [0.2, 0.25) is 5.95 Å². The fourth-order valence-electron chi connectivity index (χ4n) is 3.62. The number of allylic oxidation sites excluding steroid dienone is 1. The average Bonchev–Trinajstić information content (AvgIpc) is 3.25. The molecule has 8 heteroatoms. The number of nitrogens with one attached hydrogen (secondary N) is 1. The van der Waals surface area contributed by atoms with Gasteiger partial charge in [0.05, 0.1) is 12.7 Å². The van der Waals surface area contributed by atoms with Gasteiger partial charge in [-0.05, 0) is 34.4 Å². The van der Waals surface area contributed by atoms with Gasteiger partial charge in [-0.2, -0.15) is 4.68 Å². The Morgan fingerprint density at radius 3 is 2.35 bits per heavy atom. The van der Waals surface area contributed by atoms with Gasteiger partial charge in [-0.3, -0.25) is 4.79 Å². The van der Waals surface area contributed by atoms with Gasteiger partial charge in [-0.25, -0.2) is 4.79 Å². The molecule has 0 spiro atoms. The summed E-state index contributed by atoms with van der Waals surface area (Å²) in [5, 5.41) is 14.7. The number of esters is 1. The second-order valence-corrected chi connectivity index (χ2v) is 7.77. The summed E-state index contributed by atoms with van der Waals surface area (Å²) in [6.07, 6.45) is 0. The minimum Gasteiger partial charge on any atom is -0.464 e. The van der Waals surface area contributed by atoms with Crippen LogP contribution in [-0.2, 0) is 9.53 Å². The third-order valence-corrected chi connectivity index (χ3v) is 5.38. The number of hydrogen-bond donors (Lipinski definition) is 1. The Morgan fingerprint density at radius 2 is 1.74 bits per heavy atom. The fraction of sp³-hybridized carbons (Fsp3) is 0.261. The predicted octanol–water partition coefficient (Wildman–Crippen LogP) is 3.43. The van der Waals surface area contributed by atoms with E-state index < -0.39 is 12.0 Å². The quantitative estimate of drug-likeness (QED) is 0.501. The molecular formula is C23H23N5O3. The van der Waals surface area contributed by atoms with Crippen molar-refractivity contribution in [2.75, 3.05) is 12.4 Å². The first-order valence-corrected chi connectivity index (χ1v) is 9.99. The number of ether oxygens (including phenoxy) is 1. The standard InChI is InChI=1S/C23H23N5O3/c1-13(2)15-9-11-16(12-10-15)20-18(21(29)17-7-5-14(3)6-8-17)19(22(30)31-4)24-23-25-26-27-28(20)23/h5-13,20H,1-4H3,(H,24,25,27)/t20-/m1/s1. The van der Waals surface area contributed by atoms with E-state index in [9.17, 15) is 9.59 Å². The fourth-order valence-corrected chi connectivity index (χ4v) is 3.62. The molecule has 2 heterocycles. The second kappa shape index (κ2) is 8.14. The van der Waals surface area contributed by atoms with Gasteiger partial charge in [0, 0.05) is 5.56 Å². The van der Waals surface area contributed by atoms with Crippen LogP contribution in [0.1, 0.15) is 52.9 Å². The Hall–Kier alpha value is -3.81. The van der Waals surface area contributed by atoms with Crippen LogP contribution in [0.25, 0.3) is 0 Å². The predicted molar refractivity (Wildman–Crippen MR) is 115 cm³/mol. The van der Waals surface area contributed by atoms with Crippen LogP contribution < -0.4 is 5.32 Å². The first kappa shape index (κ1) is 20.5. The molecule has 4 rings (SSSR count). The van der Waals surface area contributed by atoms with Gasteiger partial charge in [0.15, 0.2) is 5.78 Å². The molecule has 0 bridgehead atoms. The molecule has 0 radical (unpaired) electrons. The molecule has 0 amide bonds. The molecule has 0 saturated heterocycles. The number of hydrogen-bond acceptors (Lipinski definition) is 7. The van der Waals surface area contributed by atoms with Gasteiger partial charge in [0.25, 0.3) is 0 Å². The number of ketones is 1.